The van der Waals surface area contributed by atoms with Crippen LogP contribution in [0.5, 0.6) is 0 Å². The fourth-order valence-electron chi connectivity index (χ4n) is 1.48. The van der Waals surface area contributed by atoms with Crippen LogP contribution in [0.15, 0.2) is 23.1 Å². The van der Waals surface area contributed by atoms with E-state index in [1.54, 1.807) is 0 Å². The lowest BCUT2D eigenvalue weighted by molar-refractivity contribution is 0.0596. The van der Waals surface area contributed by atoms with Crippen LogP contribution < -0.4 is 10.5 Å². The molecular formula is C11H16N2O6S2. The summed E-state index contributed by atoms with van der Waals surface area (Å²) >= 11 is 0. The maximum atomic E-state index is 12.1. The second-order valence-corrected chi connectivity index (χ2v) is 8.27. The number of rotatable bonds is 6. The van der Waals surface area contributed by atoms with Crippen LogP contribution in [0.4, 0.5) is 5.69 Å². The number of ether oxygens (including phenoxy) is 1. The highest BCUT2D eigenvalue weighted by atomic mass is 32.2. The lowest BCUT2D eigenvalue weighted by Crippen LogP contribution is -2.30. The van der Waals surface area contributed by atoms with Gasteiger partial charge < -0.3 is 10.5 Å². The Kier molecular flexibility index (Phi) is 5.31. The number of hydrogen-bond acceptors (Lipinski definition) is 7. The number of nitrogens with one attached hydrogen (secondary N) is 1. The van der Waals surface area contributed by atoms with Gasteiger partial charge in [0.25, 0.3) is 0 Å². The van der Waals surface area contributed by atoms with Gasteiger partial charge in [-0.2, -0.15) is 0 Å². The molecule has 0 heterocycles. The van der Waals surface area contributed by atoms with Crippen LogP contribution in [0.25, 0.3) is 0 Å². The minimum atomic E-state index is -4.09. The number of carbonyl (C=O) groups excluding carboxylic acids is 1. The van der Waals surface area contributed by atoms with Gasteiger partial charge in [-0.15, -0.1) is 0 Å². The first-order valence-corrected chi connectivity index (χ1v) is 9.26. The van der Waals surface area contributed by atoms with Gasteiger partial charge in [-0.25, -0.2) is 26.4 Å². The van der Waals surface area contributed by atoms with E-state index in [1.165, 1.54) is 12.1 Å². The molecule has 8 nitrogen and oxygen atoms in total. The molecular weight excluding hydrogens is 320 g/mol. The van der Waals surface area contributed by atoms with Crippen molar-refractivity contribution in [3.63, 3.8) is 0 Å². The molecule has 10 heteroatoms. The molecule has 0 aliphatic heterocycles. The van der Waals surface area contributed by atoms with Crippen molar-refractivity contribution in [1.82, 2.24) is 4.72 Å². The Bertz CT molecular complexity index is 740. The molecule has 3 N–H and O–H groups in total. The number of nitrogen functional groups attached to an aromatic ring is 1. The van der Waals surface area contributed by atoms with E-state index in [4.69, 9.17) is 5.73 Å². The SMILES string of the molecule is COC(=O)c1ccc(N)cc1S(=O)(=O)NCCS(C)(=O)=O. The van der Waals surface area contributed by atoms with Crippen molar-refractivity contribution in [3.8, 4) is 0 Å². The molecule has 0 bridgehead atoms. The Morgan fingerprint density at radius 3 is 2.43 bits per heavy atom. The molecule has 0 aliphatic carbocycles. The first-order valence-electron chi connectivity index (χ1n) is 5.72. The standard InChI is InChI=1S/C11H16N2O6S2/c1-19-11(14)9-4-3-8(12)7-10(9)21(17,18)13-5-6-20(2,15)16/h3-4,7,13H,5-6,12H2,1-2H3. The van der Waals surface area contributed by atoms with Gasteiger partial charge in [-0.3, -0.25) is 0 Å². The maximum Gasteiger partial charge on any atom is 0.339 e. The smallest absolute Gasteiger partial charge is 0.339 e. The molecule has 1 rings (SSSR count). The molecule has 118 valence electrons. The summed E-state index contributed by atoms with van der Waals surface area (Å²) in [6.45, 7) is -0.309. The monoisotopic (exact) mass is 336 g/mol. The summed E-state index contributed by atoms with van der Waals surface area (Å²) in [5.74, 6) is -1.19. The number of anilines is 1. The third kappa shape index (κ3) is 4.99. The summed E-state index contributed by atoms with van der Waals surface area (Å²) < 4.78 is 52.9. The lowest BCUT2D eigenvalue weighted by atomic mass is 10.2. The van der Waals surface area contributed by atoms with Gasteiger partial charge >= 0.3 is 5.97 Å². The lowest BCUT2D eigenvalue weighted by Gasteiger charge is -2.11. The minimum Gasteiger partial charge on any atom is -0.465 e. The van der Waals surface area contributed by atoms with Crippen LogP contribution in [0, 0.1) is 0 Å². The Balaban J connectivity index is 3.12. The summed E-state index contributed by atoms with van der Waals surface area (Å²) in [4.78, 5) is 11.2. The topological polar surface area (TPSA) is 133 Å². The van der Waals surface area contributed by atoms with Crippen molar-refractivity contribution in [2.24, 2.45) is 0 Å². The highest BCUT2D eigenvalue weighted by molar-refractivity contribution is 7.91. The number of sulfonamides is 1. The van der Waals surface area contributed by atoms with Crippen molar-refractivity contribution in [2.75, 3.05) is 31.4 Å². The summed E-state index contributed by atoms with van der Waals surface area (Å²) in [6, 6.07) is 3.70. The minimum absolute atomic E-state index is 0.145. The third-order valence-corrected chi connectivity index (χ3v) is 4.91. The highest BCUT2D eigenvalue weighted by Crippen LogP contribution is 2.19. The van der Waals surface area contributed by atoms with E-state index in [0.29, 0.717) is 0 Å². The van der Waals surface area contributed by atoms with Gasteiger partial charge in [0.15, 0.2) is 0 Å². The van der Waals surface area contributed by atoms with Crippen LogP contribution in [0.1, 0.15) is 10.4 Å². The zero-order valence-electron chi connectivity index (χ0n) is 11.5. The van der Waals surface area contributed by atoms with E-state index in [2.05, 4.69) is 9.46 Å². The molecule has 0 saturated carbocycles. The number of hydrogen-bond donors (Lipinski definition) is 2. The van der Waals surface area contributed by atoms with Gasteiger partial charge in [0.2, 0.25) is 10.0 Å². The van der Waals surface area contributed by atoms with Crippen molar-refractivity contribution in [2.45, 2.75) is 4.90 Å². The normalized spacial score (nSPS) is 12.1. The molecule has 0 amide bonds. The van der Waals surface area contributed by atoms with Crippen LogP contribution in [0.2, 0.25) is 0 Å². The fraction of sp³-hybridized carbons (Fsp3) is 0.364. The van der Waals surface area contributed by atoms with E-state index >= 15 is 0 Å². The highest BCUT2D eigenvalue weighted by Gasteiger charge is 2.23. The molecule has 1 aromatic rings. The van der Waals surface area contributed by atoms with Gasteiger partial charge in [0.05, 0.1) is 23.3 Å². The third-order valence-electron chi connectivity index (χ3n) is 2.47. The molecule has 0 atom stereocenters. The molecule has 0 fully saturated rings. The Labute approximate surface area is 123 Å². The predicted octanol–water partition coefficient (Wildman–Crippen LogP) is -0.622. The second-order valence-electron chi connectivity index (χ2n) is 4.27. The Hall–Kier alpha value is -1.65. The number of benzene rings is 1. The van der Waals surface area contributed by atoms with Crippen LogP contribution in [-0.2, 0) is 24.6 Å². The van der Waals surface area contributed by atoms with Crippen molar-refractivity contribution >= 4 is 31.5 Å². The first-order chi connectivity index (χ1) is 9.57. The second kappa shape index (κ2) is 6.41. The predicted molar refractivity (Wildman–Crippen MR) is 77.1 cm³/mol. The quantitative estimate of drug-likeness (QED) is 0.522. The average Bonchev–Trinajstić information content (AvgIpc) is 2.36. The molecule has 0 spiro atoms. The largest absolute Gasteiger partial charge is 0.465 e. The zero-order chi connectivity index (χ0) is 16.3. The summed E-state index contributed by atoms with van der Waals surface area (Å²) in [5, 5.41) is 0. The van der Waals surface area contributed by atoms with E-state index in [1.807, 2.05) is 0 Å². The number of carbonyl (C=O) groups is 1. The molecule has 0 aromatic heterocycles. The summed E-state index contributed by atoms with van der Waals surface area (Å²) in [5.41, 5.74) is 5.49. The molecule has 21 heavy (non-hydrogen) atoms. The van der Waals surface area contributed by atoms with Crippen LogP contribution in [-0.4, -0.2) is 48.5 Å². The molecule has 0 saturated heterocycles. The van der Waals surface area contributed by atoms with E-state index in [-0.39, 0.29) is 28.4 Å². The Morgan fingerprint density at radius 2 is 1.90 bits per heavy atom. The first kappa shape index (κ1) is 17.4. The average molecular weight is 336 g/mol. The van der Waals surface area contributed by atoms with Gasteiger partial charge in [-0.1, -0.05) is 0 Å². The van der Waals surface area contributed by atoms with Gasteiger partial charge in [0, 0.05) is 18.5 Å². The molecule has 0 unspecified atom stereocenters. The van der Waals surface area contributed by atoms with Crippen LogP contribution >= 0.6 is 0 Å². The fourth-order valence-corrected chi connectivity index (χ4v) is 3.34. The molecule has 1 aromatic carbocycles. The number of nitrogens with two attached hydrogens (primary N) is 1. The van der Waals surface area contributed by atoms with Crippen molar-refractivity contribution < 1.29 is 26.4 Å². The summed E-state index contributed by atoms with van der Waals surface area (Å²) in [7, 11) is -6.28. The maximum absolute atomic E-state index is 12.1. The molecule has 0 aliphatic rings. The molecule has 0 radical (unpaired) electrons. The number of methoxy groups -OCH3 is 1. The van der Waals surface area contributed by atoms with E-state index in [9.17, 15) is 21.6 Å². The van der Waals surface area contributed by atoms with Gasteiger partial charge in [0.1, 0.15) is 9.84 Å². The van der Waals surface area contributed by atoms with E-state index in [0.717, 1.165) is 19.4 Å². The van der Waals surface area contributed by atoms with Gasteiger partial charge in [-0.05, 0) is 18.2 Å². The summed E-state index contributed by atoms with van der Waals surface area (Å²) in [6.07, 6.45) is 0.988. The Morgan fingerprint density at radius 1 is 1.29 bits per heavy atom. The van der Waals surface area contributed by atoms with Crippen molar-refractivity contribution in [3.05, 3.63) is 23.8 Å². The van der Waals surface area contributed by atoms with Crippen LogP contribution in [0.3, 0.4) is 0 Å². The number of esters is 1. The van der Waals surface area contributed by atoms with Crippen molar-refractivity contribution in [1.29, 1.82) is 0 Å². The van der Waals surface area contributed by atoms with E-state index < -0.39 is 25.8 Å². The number of sulfone groups is 1. The zero-order valence-corrected chi connectivity index (χ0v) is 13.1.